The number of ether oxygens (including phenoxy) is 4. The van der Waals surface area contributed by atoms with Crippen LogP contribution in [0.5, 0.6) is 23.0 Å². The van der Waals surface area contributed by atoms with Crippen molar-refractivity contribution in [1.82, 2.24) is 92.7 Å². The number of rotatable bonds is 14. The van der Waals surface area contributed by atoms with Crippen LogP contribution >= 0.6 is 0 Å². The molecule has 4 aliphatic carbocycles. The van der Waals surface area contributed by atoms with Crippen LogP contribution in [-0.2, 0) is 6.42 Å². The Morgan fingerprint density at radius 1 is 0.384 bits per heavy atom. The fourth-order valence-electron chi connectivity index (χ4n) is 19.9. The van der Waals surface area contributed by atoms with Crippen LogP contribution in [-0.4, -0.2) is 194 Å². The van der Waals surface area contributed by atoms with E-state index in [1.807, 2.05) is 24.9 Å². The molecule has 654 valence electrons. The number of imidazole rings is 1. The molecule has 8 aliphatic rings. The van der Waals surface area contributed by atoms with E-state index in [0.717, 1.165) is 42.5 Å². The number of alkyl halides is 12. The SMILES string of the molecule is CCCc1cnc2nc(C(=O)N3C[C@H]4CC(c5ccccc5OC(F)(F)F)C[C@H]4C3)nn2c1.Cc1ccn2c(C(=O)N3C[C@H]4CC(c5ccccc5OC(F)(F)F)C[C@H]4C3)nnc2n1.Cc1cnc2nc(C(=O)N3C[C@H]4CC(c5ccccc5OC(F)(F)F)C[C@H]4C3)nn2c1.O=C(c1cnc2ncccn12)N1C[C@H]2CC(c3ccccc3OC(F)(F)F)C[C@H]2C1. The van der Waals surface area contributed by atoms with E-state index >= 15 is 0 Å². The van der Waals surface area contributed by atoms with Crippen molar-refractivity contribution in [3.8, 4) is 23.0 Å². The van der Waals surface area contributed by atoms with Crippen molar-refractivity contribution in [2.75, 3.05) is 52.4 Å². The van der Waals surface area contributed by atoms with Crippen LogP contribution in [0.2, 0.25) is 0 Å². The highest BCUT2D eigenvalue weighted by Crippen LogP contribution is 2.54. The lowest BCUT2D eigenvalue weighted by molar-refractivity contribution is -0.276. The molecule has 4 aliphatic heterocycles. The first-order valence-corrected chi connectivity index (χ1v) is 41.2. The van der Waals surface area contributed by atoms with Crippen LogP contribution in [0.25, 0.3) is 23.1 Å². The highest BCUT2D eigenvalue weighted by atomic mass is 19.4. The van der Waals surface area contributed by atoms with Gasteiger partial charge in [0.25, 0.3) is 41.0 Å². The van der Waals surface area contributed by atoms with Gasteiger partial charge in [-0.2, -0.15) is 9.97 Å². The molecule has 39 heteroatoms. The molecule has 12 atom stereocenters. The number of hydrogen-bond donors (Lipinski definition) is 0. The number of carbonyl (C=O) groups excluding carboxylic acids is 4. The molecule has 0 radical (unpaired) electrons. The van der Waals surface area contributed by atoms with Crippen molar-refractivity contribution in [2.24, 2.45) is 47.3 Å². The number of amides is 4. The average molecular weight is 1740 g/mol. The number of aryl methyl sites for hydroxylation is 3. The van der Waals surface area contributed by atoms with Crippen molar-refractivity contribution in [1.29, 1.82) is 0 Å². The van der Waals surface area contributed by atoms with Gasteiger partial charge in [-0.3, -0.25) is 28.0 Å². The van der Waals surface area contributed by atoms with Gasteiger partial charge in [0.15, 0.2) is 0 Å². The normalized spacial score (nSPS) is 23.3. The third kappa shape index (κ3) is 18.8. The van der Waals surface area contributed by atoms with Crippen LogP contribution in [0.1, 0.15) is 170 Å². The van der Waals surface area contributed by atoms with Crippen LogP contribution in [0.3, 0.4) is 0 Å². The molecule has 20 rings (SSSR count). The minimum absolute atomic E-state index is 0.00389. The molecule has 4 amide bonds. The Balaban J connectivity index is 0.000000118. The molecular weight excluding hydrogens is 1660 g/mol. The molecule has 12 aromatic rings. The van der Waals surface area contributed by atoms with Crippen LogP contribution in [0.15, 0.2) is 159 Å². The molecule has 125 heavy (non-hydrogen) atoms. The number of benzene rings is 4. The Morgan fingerprint density at radius 2 is 0.752 bits per heavy atom. The molecule has 27 nitrogen and oxygen atoms in total. The van der Waals surface area contributed by atoms with Gasteiger partial charge in [0.1, 0.15) is 28.7 Å². The molecule has 4 saturated heterocycles. The number of halogens is 12. The fourth-order valence-corrected chi connectivity index (χ4v) is 19.9. The average Bonchev–Trinajstić information content (AvgIpc) is 1.63. The number of fused-ring (bicyclic) bond motifs is 8. The fraction of sp³-hybridized carbons (Fsp3) is 0.430. The lowest BCUT2D eigenvalue weighted by Crippen LogP contribution is -2.31. The van der Waals surface area contributed by atoms with Gasteiger partial charge in [0.2, 0.25) is 23.3 Å². The maximum Gasteiger partial charge on any atom is 0.573 e. The van der Waals surface area contributed by atoms with E-state index in [2.05, 4.69) is 81.2 Å². The van der Waals surface area contributed by atoms with Gasteiger partial charge in [-0.15, -0.1) is 73.1 Å². The van der Waals surface area contributed by atoms with Crippen LogP contribution < -0.4 is 18.9 Å². The topological polar surface area (TPSA) is 278 Å². The first-order chi connectivity index (χ1) is 59.7. The van der Waals surface area contributed by atoms with Gasteiger partial charge in [0.05, 0.1) is 6.20 Å². The summed E-state index contributed by atoms with van der Waals surface area (Å²) in [6.45, 7) is 10.3. The molecule has 0 N–H and O–H groups in total. The standard InChI is InChI=1S/C23H24F3N5O2.2C21H20F3N5O2.C21H19F3N4O2/c1-2-5-14-10-27-22-28-20(29-31(22)11-14)21(32)30-12-16-8-15(9-17(16)13-30)18-6-3-4-7-19(18)33-23(24,25)26;1-12-8-25-20-26-18(27-29(20)9-12)19(30)28-10-14-6-13(7-15(14)11-28)16-4-2-3-5-17(16)31-21(22,23)24;1-12-6-7-29-18(26-27-20(29)25-12)19(30)28-10-14-8-13(9-15(14)11-28)16-4-2-3-5-17(16)31-21(22,23)24;22-21(23,24)30-18-5-2-1-4-16(18)13-8-14-11-27(12-15(14)9-13)19(29)17-10-26-20-25-6-3-7-28(17)20/h3-4,6-7,10-11,15-17H,2,5,8-9,12-13H2,1H3;2-5,8-9,13-15H,6-7,10-11H2,1H3;2-7,13-15H,8-11H2,1H3;1-7,10,13-15H,8-9,11-12H2/t15?,16-,17+;3*13?,14-,15+. The summed E-state index contributed by atoms with van der Waals surface area (Å²) in [7, 11) is 0. The van der Waals surface area contributed by atoms with E-state index in [1.54, 1.807) is 150 Å². The number of likely N-dealkylation sites (tertiary alicyclic amines) is 4. The monoisotopic (exact) mass is 1740 g/mol. The second-order valence-corrected chi connectivity index (χ2v) is 33.3. The summed E-state index contributed by atoms with van der Waals surface area (Å²) >= 11 is 0. The number of hydrogen-bond acceptors (Lipinski definition) is 19. The zero-order chi connectivity index (χ0) is 87.5. The molecular formula is C86H83F12N19O8. The second kappa shape index (κ2) is 34.1. The van der Waals surface area contributed by atoms with Gasteiger partial charge in [0, 0.05) is 101 Å². The zero-order valence-corrected chi connectivity index (χ0v) is 67.5. The summed E-state index contributed by atoms with van der Waals surface area (Å²) in [6.07, 6.45) is 2.42. The van der Waals surface area contributed by atoms with E-state index in [0.29, 0.717) is 142 Å². The van der Waals surface area contributed by atoms with E-state index in [4.69, 9.17) is 0 Å². The Kier molecular flexibility index (Phi) is 23.1. The highest BCUT2D eigenvalue weighted by molar-refractivity contribution is 5.94. The molecule has 8 aromatic heterocycles. The molecule has 12 heterocycles. The number of aromatic nitrogens is 15. The zero-order valence-electron chi connectivity index (χ0n) is 67.5. The van der Waals surface area contributed by atoms with Crippen LogP contribution in [0.4, 0.5) is 52.7 Å². The van der Waals surface area contributed by atoms with Crippen molar-refractivity contribution in [3.63, 3.8) is 0 Å². The lowest BCUT2D eigenvalue weighted by atomic mass is 9.95. The Bertz CT molecular complexity index is 5930. The lowest BCUT2D eigenvalue weighted by Gasteiger charge is -2.21. The Hall–Kier alpha value is -12.6. The van der Waals surface area contributed by atoms with Gasteiger partial charge in [-0.05, 0) is 212 Å². The van der Waals surface area contributed by atoms with Gasteiger partial charge < -0.3 is 38.5 Å². The maximum atomic E-state index is 13.0. The molecule has 4 saturated carbocycles. The minimum Gasteiger partial charge on any atom is -0.405 e. The Morgan fingerprint density at radius 3 is 1.15 bits per heavy atom. The van der Waals surface area contributed by atoms with Gasteiger partial charge in [-0.25, -0.2) is 34.0 Å². The molecule has 8 fully saturated rings. The summed E-state index contributed by atoms with van der Waals surface area (Å²) in [4.78, 5) is 88.6. The van der Waals surface area contributed by atoms with E-state index in [1.165, 1.54) is 35.0 Å². The van der Waals surface area contributed by atoms with Crippen molar-refractivity contribution in [2.45, 2.75) is 134 Å². The second-order valence-electron chi connectivity index (χ2n) is 33.3. The number of para-hydroxylation sites is 4. The smallest absolute Gasteiger partial charge is 0.405 e. The Labute approximate surface area is 705 Å². The van der Waals surface area contributed by atoms with Crippen molar-refractivity contribution >= 4 is 46.7 Å². The summed E-state index contributed by atoms with van der Waals surface area (Å²) in [5.41, 5.74) is 5.54. The molecule has 0 bridgehead atoms. The predicted octanol–water partition coefficient (Wildman–Crippen LogP) is 15.3. The quantitative estimate of drug-likeness (QED) is 0.0915. The van der Waals surface area contributed by atoms with Crippen molar-refractivity contribution in [3.05, 3.63) is 221 Å². The minimum atomic E-state index is -4.72. The molecule has 4 unspecified atom stereocenters. The summed E-state index contributed by atoms with van der Waals surface area (Å²) in [5, 5.41) is 16.6. The maximum absolute atomic E-state index is 13.0. The first kappa shape index (κ1) is 84.6. The summed E-state index contributed by atoms with van der Waals surface area (Å²) in [5.74, 6) is 2.58. The van der Waals surface area contributed by atoms with Crippen LogP contribution in [0, 0.1) is 61.2 Å². The summed E-state index contributed by atoms with van der Waals surface area (Å²) < 4.78 is 176. The predicted molar refractivity (Wildman–Crippen MR) is 421 cm³/mol. The number of nitrogens with zero attached hydrogens (tertiary/aromatic N) is 19. The third-order valence-electron chi connectivity index (χ3n) is 25.1. The highest BCUT2D eigenvalue weighted by Gasteiger charge is 2.50. The van der Waals surface area contributed by atoms with Crippen molar-refractivity contribution < 1.29 is 90.8 Å². The van der Waals surface area contributed by atoms with E-state index in [-0.39, 0.29) is 135 Å². The largest absolute Gasteiger partial charge is 0.573 e. The first-order valence-electron chi connectivity index (χ1n) is 41.2. The van der Waals surface area contributed by atoms with E-state index < -0.39 is 25.4 Å². The molecule has 4 aromatic carbocycles. The van der Waals surface area contributed by atoms with E-state index in [9.17, 15) is 71.9 Å². The van der Waals surface area contributed by atoms with Gasteiger partial charge >= 0.3 is 25.4 Å². The summed E-state index contributed by atoms with van der Waals surface area (Å²) in [6, 6.07) is 28.9. The molecule has 0 spiro atoms. The third-order valence-corrected chi connectivity index (χ3v) is 25.1. The van der Waals surface area contributed by atoms with Gasteiger partial charge in [-0.1, -0.05) is 86.1 Å². The number of carbonyl (C=O) groups is 4.